The van der Waals surface area contributed by atoms with Crippen LogP contribution in [0.2, 0.25) is 5.02 Å². The van der Waals surface area contributed by atoms with Gasteiger partial charge in [0.2, 0.25) is 0 Å². The molecule has 0 saturated carbocycles. The van der Waals surface area contributed by atoms with Crippen molar-refractivity contribution in [3.63, 3.8) is 0 Å². The van der Waals surface area contributed by atoms with Crippen LogP contribution in [0, 0.1) is 0 Å². The smallest absolute Gasteiger partial charge is 0.263 e. The molecule has 0 fully saturated rings. The Labute approximate surface area is 136 Å². The summed E-state index contributed by atoms with van der Waals surface area (Å²) in [5.74, 6) is 0.530. The van der Waals surface area contributed by atoms with Gasteiger partial charge in [0.05, 0.1) is 29.4 Å². The minimum Gasteiger partial charge on any atom is -0.496 e. The highest BCUT2D eigenvalue weighted by atomic mass is 79.9. The molecule has 1 amide bonds. The van der Waals surface area contributed by atoms with Crippen LogP contribution in [0.15, 0.2) is 40.9 Å². The van der Waals surface area contributed by atoms with Crippen molar-refractivity contribution in [2.24, 2.45) is 0 Å². The fraction of sp³-hybridized carbons (Fsp3) is 0.133. The summed E-state index contributed by atoms with van der Waals surface area (Å²) in [6.45, 7) is 0. The molecule has 21 heavy (non-hydrogen) atoms. The van der Waals surface area contributed by atoms with Gasteiger partial charge in [-0.15, -0.1) is 0 Å². The number of nitrogens with one attached hydrogen (secondary N) is 1. The average molecular weight is 371 g/mol. The van der Waals surface area contributed by atoms with Gasteiger partial charge in [0.1, 0.15) is 17.1 Å². The number of hydrogen-bond donors (Lipinski definition) is 1. The Hall–Kier alpha value is -1.72. The maximum absolute atomic E-state index is 12.5. The molecule has 0 saturated heterocycles. The highest BCUT2D eigenvalue weighted by Gasteiger charge is 2.19. The molecular formula is C15H13BrClNO3. The molecule has 0 aliphatic carbocycles. The zero-order valence-electron chi connectivity index (χ0n) is 11.4. The number of rotatable bonds is 4. The van der Waals surface area contributed by atoms with E-state index in [4.69, 9.17) is 21.1 Å². The minimum atomic E-state index is -0.340. The van der Waals surface area contributed by atoms with Crippen LogP contribution in [0.4, 0.5) is 5.69 Å². The Morgan fingerprint density at radius 1 is 1.10 bits per heavy atom. The topological polar surface area (TPSA) is 47.6 Å². The van der Waals surface area contributed by atoms with E-state index in [-0.39, 0.29) is 5.91 Å². The van der Waals surface area contributed by atoms with Gasteiger partial charge in [0.25, 0.3) is 5.91 Å². The number of carbonyl (C=O) groups excluding carboxylic acids is 1. The van der Waals surface area contributed by atoms with Gasteiger partial charge in [-0.1, -0.05) is 23.7 Å². The van der Waals surface area contributed by atoms with Crippen molar-refractivity contribution in [2.45, 2.75) is 0 Å². The Morgan fingerprint density at radius 3 is 2.24 bits per heavy atom. The van der Waals surface area contributed by atoms with E-state index in [1.807, 2.05) is 0 Å². The molecule has 0 atom stereocenters. The van der Waals surface area contributed by atoms with Crippen LogP contribution in [0.3, 0.4) is 0 Å². The van der Waals surface area contributed by atoms with Crippen LogP contribution >= 0.6 is 27.5 Å². The fourth-order valence-electron chi connectivity index (χ4n) is 1.86. The lowest BCUT2D eigenvalue weighted by Crippen LogP contribution is -2.15. The summed E-state index contributed by atoms with van der Waals surface area (Å²) < 4.78 is 11.1. The van der Waals surface area contributed by atoms with E-state index in [2.05, 4.69) is 21.2 Å². The third-order valence-corrected chi connectivity index (χ3v) is 4.25. The normalized spacial score (nSPS) is 10.1. The predicted octanol–water partition coefficient (Wildman–Crippen LogP) is 4.37. The molecule has 4 nitrogen and oxygen atoms in total. The highest BCUT2D eigenvalue weighted by molar-refractivity contribution is 9.10. The number of carbonyl (C=O) groups is 1. The molecule has 6 heteroatoms. The summed E-state index contributed by atoms with van der Waals surface area (Å²) in [4.78, 5) is 12.5. The lowest BCUT2D eigenvalue weighted by Gasteiger charge is -2.14. The monoisotopic (exact) mass is 369 g/mol. The zero-order valence-corrected chi connectivity index (χ0v) is 13.8. The van der Waals surface area contributed by atoms with E-state index in [1.165, 1.54) is 14.2 Å². The summed E-state index contributed by atoms with van der Waals surface area (Å²) in [6, 6.07) is 10.4. The van der Waals surface area contributed by atoms with Gasteiger partial charge in [-0.25, -0.2) is 0 Å². The van der Waals surface area contributed by atoms with Crippen LogP contribution in [0.1, 0.15) is 10.4 Å². The molecule has 2 aromatic rings. The number of hydrogen-bond acceptors (Lipinski definition) is 3. The average Bonchev–Trinajstić information content (AvgIpc) is 2.50. The summed E-state index contributed by atoms with van der Waals surface area (Å²) in [5, 5.41) is 3.30. The first kappa shape index (κ1) is 15.7. The second kappa shape index (κ2) is 6.83. The Bertz CT molecular complexity index is 654. The second-order valence-corrected chi connectivity index (χ2v) is 5.29. The zero-order chi connectivity index (χ0) is 15.4. The first-order valence-electron chi connectivity index (χ1n) is 6.04. The lowest BCUT2D eigenvalue weighted by molar-refractivity contribution is 0.102. The molecule has 0 heterocycles. The molecule has 0 bridgehead atoms. The van der Waals surface area contributed by atoms with E-state index < -0.39 is 0 Å². The number of benzene rings is 2. The fourth-order valence-corrected chi connectivity index (χ4v) is 2.40. The van der Waals surface area contributed by atoms with Gasteiger partial charge in [-0.3, -0.25) is 4.79 Å². The first-order chi connectivity index (χ1) is 10.1. The maximum Gasteiger partial charge on any atom is 0.263 e. The molecule has 0 spiro atoms. The Balaban J connectivity index is 2.39. The molecule has 1 N–H and O–H groups in total. The van der Waals surface area contributed by atoms with Crippen molar-refractivity contribution in [1.29, 1.82) is 0 Å². The predicted molar refractivity (Wildman–Crippen MR) is 86.7 cm³/mol. The summed E-state index contributed by atoms with van der Waals surface area (Å²) >= 11 is 9.36. The molecule has 0 aromatic heterocycles. The molecule has 2 rings (SSSR count). The van der Waals surface area contributed by atoms with Gasteiger partial charge in [-0.05, 0) is 40.2 Å². The van der Waals surface area contributed by atoms with Crippen LogP contribution < -0.4 is 14.8 Å². The number of ether oxygens (including phenoxy) is 2. The SMILES string of the molecule is COc1cccc(OC)c1C(=O)Nc1cccc(Cl)c1Br. The second-order valence-electron chi connectivity index (χ2n) is 4.09. The molecule has 0 aliphatic heterocycles. The van der Waals surface area contributed by atoms with Gasteiger partial charge in [-0.2, -0.15) is 0 Å². The van der Waals surface area contributed by atoms with Crippen molar-refractivity contribution in [3.05, 3.63) is 51.5 Å². The van der Waals surface area contributed by atoms with Crippen LogP contribution in [-0.2, 0) is 0 Å². The van der Waals surface area contributed by atoms with E-state index in [0.29, 0.717) is 32.2 Å². The lowest BCUT2D eigenvalue weighted by atomic mass is 10.1. The summed E-state index contributed by atoms with van der Waals surface area (Å²) in [5.41, 5.74) is 0.898. The van der Waals surface area contributed by atoms with Gasteiger partial charge < -0.3 is 14.8 Å². The molecule has 0 aliphatic rings. The highest BCUT2D eigenvalue weighted by Crippen LogP contribution is 2.33. The first-order valence-corrected chi connectivity index (χ1v) is 7.22. The van der Waals surface area contributed by atoms with Crippen LogP contribution in [-0.4, -0.2) is 20.1 Å². The third-order valence-electron chi connectivity index (χ3n) is 2.85. The van der Waals surface area contributed by atoms with E-state index in [0.717, 1.165) is 0 Å². The Kier molecular flexibility index (Phi) is 5.09. The van der Waals surface area contributed by atoms with Crippen LogP contribution in [0.5, 0.6) is 11.5 Å². The van der Waals surface area contributed by atoms with Gasteiger partial charge in [0.15, 0.2) is 0 Å². The Morgan fingerprint density at radius 2 is 1.67 bits per heavy atom. The van der Waals surface area contributed by atoms with Crippen molar-refractivity contribution in [1.82, 2.24) is 0 Å². The van der Waals surface area contributed by atoms with E-state index >= 15 is 0 Å². The molecule has 110 valence electrons. The minimum absolute atomic E-state index is 0.328. The van der Waals surface area contributed by atoms with Crippen molar-refractivity contribution in [2.75, 3.05) is 19.5 Å². The quantitative estimate of drug-likeness (QED) is 0.869. The largest absolute Gasteiger partial charge is 0.496 e. The molecule has 2 aromatic carbocycles. The number of anilines is 1. The van der Waals surface area contributed by atoms with Crippen LogP contribution in [0.25, 0.3) is 0 Å². The number of methoxy groups -OCH3 is 2. The molecule has 0 radical (unpaired) electrons. The van der Waals surface area contributed by atoms with E-state index in [9.17, 15) is 4.79 Å². The molecule has 0 unspecified atom stereocenters. The van der Waals surface area contributed by atoms with Gasteiger partial charge in [0, 0.05) is 0 Å². The van der Waals surface area contributed by atoms with Crippen molar-refractivity contribution < 1.29 is 14.3 Å². The summed E-state index contributed by atoms with van der Waals surface area (Å²) in [6.07, 6.45) is 0. The summed E-state index contributed by atoms with van der Waals surface area (Å²) in [7, 11) is 3.00. The number of halogens is 2. The number of amides is 1. The van der Waals surface area contributed by atoms with Gasteiger partial charge >= 0.3 is 0 Å². The van der Waals surface area contributed by atoms with E-state index in [1.54, 1.807) is 36.4 Å². The molecular weight excluding hydrogens is 358 g/mol. The van der Waals surface area contributed by atoms with Crippen molar-refractivity contribution >= 4 is 39.1 Å². The maximum atomic E-state index is 12.5. The van der Waals surface area contributed by atoms with Crippen molar-refractivity contribution in [3.8, 4) is 11.5 Å². The third kappa shape index (κ3) is 3.31. The standard InChI is InChI=1S/C15H13BrClNO3/c1-20-11-7-4-8-12(21-2)13(11)15(19)18-10-6-3-5-9(17)14(10)16/h3-8H,1-2H3,(H,18,19).